The van der Waals surface area contributed by atoms with Crippen LogP contribution in [0.5, 0.6) is 0 Å². The van der Waals surface area contributed by atoms with Gasteiger partial charge in [-0.1, -0.05) is 0 Å². The number of carbonyl (C=O) groups is 1. The van der Waals surface area contributed by atoms with E-state index in [1.165, 1.54) is 41.5 Å². The minimum atomic E-state index is -4.54. The topological polar surface area (TPSA) is 93.8 Å². The van der Waals surface area contributed by atoms with E-state index in [4.69, 9.17) is 5.11 Å². The van der Waals surface area contributed by atoms with Crippen molar-refractivity contribution in [1.82, 2.24) is 24.7 Å². The van der Waals surface area contributed by atoms with Crippen molar-refractivity contribution < 1.29 is 23.1 Å². The van der Waals surface area contributed by atoms with Crippen LogP contribution >= 0.6 is 0 Å². The molecule has 0 fully saturated rings. The van der Waals surface area contributed by atoms with Crippen molar-refractivity contribution in [3.8, 4) is 17.1 Å². The van der Waals surface area contributed by atoms with Gasteiger partial charge in [-0.15, -0.1) is 0 Å². The molecule has 0 radical (unpaired) electrons. The fourth-order valence-electron chi connectivity index (χ4n) is 2.64. The summed E-state index contributed by atoms with van der Waals surface area (Å²) in [7, 11) is 0. The van der Waals surface area contributed by atoms with Crippen LogP contribution in [0.3, 0.4) is 0 Å². The van der Waals surface area contributed by atoms with E-state index in [0.717, 1.165) is 6.07 Å². The van der Waals surface area contributed by atoms with Crippen LogP contribution in [0.1, 0.15) is 16.1 Å². The third-order valence-electron chi connectivity index (χ3n) is 3.99. The number of hydrogen-bond donors (Lipinski definition) is 1. The average Bonchev–Trinajstić information content (AvgIpc) is 3.16. The molecule has 0 aliphatic carbocycles. The Morgan fingerprint density at radius 1 is 1.04 bits per heavy atom. The van der Waals surface area contributed by atoms with Gasteiger partial charge in [-0.25, -0.2) is 19.4 Å². The number of nitrogens with zero attached hydrogens (tertiary/aromatic N) is 5. The lowest BCUT2D eigenvalue weighted by Gasteiger charge is -2.09. The Morgan fingerprint density at radius 2 is 1.86 bits per heavy atom. The molecule has 28 heavy (non-hydrogen) atoms. The van der Waals surface area contributed by atoms with Gasteiger partial charge in [-0.05, 0) is 30.3 Å². The van der Waals surface area contributed by atoms with E-state index in [9.17, 15) is 18.0 Å². The third kappa shape index (κ3) is 3.15. The highest BCUT2D eigenvalue weighted by molar-refractivity contribution is 5.87. The number of aromatic carboxylic acids is 1. The quantitative estimate of drug-likeness (QED) is 0.579. The van der Waals surface area contributed by atoms with Gasteiger partial charge in [0.15, 0.2) is 5.82 Å². The normalized spacial score (nSPS) is 11.7. The lowest BCUT2D eigenvalue weighted by molar-refractivity contribution is -0.140. The van der Waals surface area contributed by atoms with Crippen molar-refractivity contribution >= 4 is 16.9 Å². The Labute approximate surface area is 155 Å². The number of aromatic nitrogens is 5. The van der Waals surface area contributed by atoms with E-state index in [1.807, 2.05) is 0 Å². The van der Waals surface area contributed by atoms with Gasteiger partial charge in [0.1, 0.15) is 5.69 Å². The predicted octanol–water partition coefficient (Wildman–Crippen LogP) is 3.59. The largest absolute Gasteiger partial charge is 0.478 e. The number of halogens is 3. The summed E-state index contributed by atoms with van der Waals surface area (Å²) < 4.78 is 40.0. The van der Waals surface area contributed by atoms with Crippen molar-refractivity contribution in [3.63, 3.8) is 0 Å². The summed E-state index contributed by atoms with van der Waals surface area (Å²) in [5, 5.41) is 13.5. The second-order valence-electron chi connectivity index (χ2n) is 5.81. The molecule has 0 unspecified atom stereocenters. The van der Waals surface area contributed by atoms with Crippen LogP contribution in [0.25, 0.3) is 28.0 Å². The second-order valence-corrected chi connectivity index (χ2v) is 5.81. The first-order valence-electron chi connectivity index (χ1n) is 7.90. The van der Waals surface area contributed by atoms with Crippen molar-refractivity contribution in [2.24, 2.45) is 0 Å². The van der Waals surface area contributed by atoms with Gasteiger partial charge < -0.3 is 5.11 Å². The number of carboxylic acid groups (broad SMARTS) is 1. The molecular weight excluding hydrogens is 375 g/mol. The van der Waals surface area contributed by atoms with Gasteiger partial charge in [0.2, 0.25) is 0 Å². The molecule has 4 aromatic heterocycles. The highest BCUT2D eigenvalue weighted by Crippen LogP contribution is 2.30. The highest BCUT2D eigenvalue weighted by Gasteiger charge is 2.32. The van der Waals surface area contributed by atoms with Crippen molar-refractivity contribution in [3.05, 3.63) is 66.4 Å². The summed E-state index contributed by atoms with van der Waals surface area (Å²) in [5.74, 6) is -0.771. The summed E-state index contributed by atoms with van der Waals surface area (Å²) >= 11 is 0. The van der Waals surface area contributed by atoms with Crippen LogP contribution in [0.15, 0.2) is 55.1 Å². The maximum Gasteiger partial charge on any atom is 0.433 e. The van der Waals surface area contributed by atoms with Gasteiger partial charge >= 0.3 is 12.1 Å². The second kappa shape index (κ2) is 6.41. The molecule has 0 saturated carbocycles. The predicted molar refractivity (Wildman–Crippen MR) is 91.9 cm³/mol. The van der Waals surface area contributed by atoms with Gasteiger partial charge in [-0.3, -0.25) is 4.98 Å². The standard InChI is InChI=1S/C18H10F3N5O2/c19-18(20,21)15-4-2-12-14(25-15)5-6-22-16(12)26-9-11(8-24-26)13-3-1-10(7-23-13)17(27)28/h1-9H,(H,27,28). The number of alkyl halides is 3. The molecule has 0 aliphatic heterocycles. The Morgan fingerprint density at radius 3 is 2.54 bits per heavy atom. The van der Waals surface area contributed by atoms with Crippen molar-refractivity contribution in [1.29, 1.82) is 0 Å². The summed E-state index contributed by atoms with van der Waals surface area (Å²) in [5.41, 5.74) is 0.296. The molecule has 0 aliphatic rings. The molecule has 7 nitrogen and oxygen atoms in total. The molecule has 0 bridgehead atoms. The maximum atomic E-state index is 12.9. The summed E-state index contributed by atoms with van der Waals surface area (Å²) in [6.07, 6.45) is 1.15. The Hall–Kier alpha value is -3.82. The SMILES string of the molecule is O=C(O)c1ccc(-c2cnn(-c3nccc4nc(C(F)(F)F)ccc34)c2)nc1. The first-order valence-corrected chi connectivity index (χ1v) is 7.90. The van der Waals surface area contributed by atoms with Crippen LogP contribution in [-0.4, -0.2) is 35.8 Å². The number of fused-ring (bicyclic) bond motifs is 1. The lowest BCUT2D eigenvalue weighted by Crippen LogP contribution is -2.08. The molecule has 140 valence electrons. The van der Waals surface area contributed by atoms with Gasteiger partial charge in [0.25, 0.3) is 0 Å². The third-order valence-corrected chi connectivity index (χ3v) is 3.99. The van der Waals surface area contributed by atoms with Crippen LogP contribution in [0.2, 0.25) is 0 Å². The van der Waals surface area contributed by atoms with Gasteiger partial charge in [0, 0.05) is 29.5 Å². The van der Waals surface area contributed by atoms with E-state index >= 15 is 0 Å². The number of pyridine rings is 3. The molecule has 0 amide bonds. The molecule has 0 saturated heterocycles. The summed E-state index contributed by atoms with van der Waals surface area (Å²) in [6, 6.07) is 6.54. The molecule has 0 spiro atoms. The lowest BCUT2D eigenvalue weighted by atomic mass is 10.2. The Kier molecular flexibility index (Phi) is 4.03. The molecule has 4 aromatic rings. The van der Waals surface area contributed by atoms with E-state index in [0.29, 0.717) is 22.5 Å². The van der Waals surface area contributed by atoms with Crippen molar-refractivity contribution in [2.75, 3.05) is 0 Å². The molecular formula is C18H10F3N5O2. The molecule has 0 aromatic carbocycles. The van der Waals surface area contributed by atoms with Gasteiger partial charge in [0.05, 0.1) is 23.0 Å². The zero-order valence-corrected chi connectivity index (χ0v) is 13.9. The maximum absolute atomic E-state index is 12.9. The monoisotopic (exact) mass is 385 g/mol. The number of carboxylic acids is 1. The summed E-state index contributed by atoms with van der Waals surface area (Å²) in [4.78, 5) is 22.8. The molecule has 4 rings (SSSR count). The average molecular weight is 385 g/mol. The Balaban J connectivity index is 1.74. The minimum Gasteiger partial charge on any atom is -0.478 e. The van der Waals surface area contributed by atoms with Gasteiger partial charge in [-0.2, -0.15) is 18.3 Å². The first kappa shape index (κ1) is 17.6. The Bertz CT molecular complexity index is 1190. The van der Waals surface area contributed by atoms with E-state index in [2.05, 4.69) is 20.1 Å². The molecule has 4 heterocycles. The smallest absolute Gasteiger partial charge is 0.433 e. The molecule has 1 N–H and O–H groups in total. The molecule has 0 atom stereocenters. The molecule has 10 heteroatoms. The summed E-state index contributed by atoms with van der Waals surface area (Å²) in [6.45, 7) is 0. The number of rotatable bonds is 3. The minimum absolute atomic E-state index is 0.0541. The zero-order valence-electron chi connectivity index (χ0n) is 13.9. The van der Waals surface area contributed by atoms with Crippen LogP contribution < -0.4 is 0 Å². The van der Waals surface area contributed by atoms with Crippen molar-refractivity contribution in [2.45, 2.75) is 6.18 Å². The number of hydrogen-bond acceptors (Lipinski definition) is 5. The van der Waals surface area contributed by atoms with E-state index in [1.54, 1.807) is 12.3 Å². The van der Waals surface area contributed by atoms with E-state index < -0.39 is 17.8 Å². The zero-order chi connectivity index (χ0) is 19.9. The first-order chi connectivity index (χ1) is 13.3. The van der Waals surface area contributed by atoms with Crippen LogP contribution in [0, 0.1) is 0 Å². The fourth-order valence-corrected chi connectivity index (χ4v) is 2.64. The van der Waals surface area contributed by atoms with Crippen LogP contribution in [0.4, 0.5) is 13.2 Å². The van der Waals surface area contributed by atoms with E-state index in [-0.39, 0.29) is 11.1 Å². The highest BCUT2D eigenvalue weighted by atomic mass is 19.4. The van der Waals surface area contributed by atoms with Crippen LogP contribution in [-0.2, 0) is 6.18 Å². The fraction of sp³-hybridized carbons (Fsp3) is 0.0556.